The minimum atomic E-state index is -0.242. The van der Waals surface area contributed by atoms with Gasteiger partial charge in [-0.3, -0.25) is 4.79 Å². The summed E-state index contributed by atoms with van der Waals surface area (Å²) in [7, 11) is 0. The number of hydrogen-bond donors (Lipinski definition) is 1. The summed E-state index contributed by atoms with van der Waals surface area (Å²) in [6.07, 6.45) is 0. The maximum atomic E-state index is 12.4. The summed E-state index contributed by atoms with van der Waals surface area (Å²) in [5, 5.41) is 3.26. The molecule has 1 N–H and O–H groups in total. The van der Waals surface area contributed by atoms with Crippen molar-refractivity contribution in [3.8, 4) is 11.5 Å². The van der Waals surface area contributed by atoms with E-state index >= 15 is 0 Å². The van der Waals surface area contributed by atoms with Crippen LogP contribution in [0.1, 0.15) is 28.4 Å². The number of nitrogens with one attached hydrogen (secondary N) is 1. The number of carbonyl (C=O) groups excluding carboxylic acids is 1. The third-order valence-corrected chi connectivity index (χ3v) is 3.78. The molecule has 0 spiro atoms. The Morgan fingerprint density at radius 3 is 2.64 bits per heavy atom. The summed E-state index contributed by atoms with van der Waals surface area (Å²) in [5.41, 5.74) is 2.95. The van der Waals surface area contributed by atoms with E-state index in [9.17, 15) is 4.79 Å². The highest BCUT2D eigenvalue weighted by molar-refractivity contribution is 5.99. The molecule has 114 valence electrons. The normalized spacial score (nSPS) is 13.9. The monoisotopic (exact) mass is 297 g/mol. The van der Waals surface area contributed by atoms with Crippen LogP contribution in [0.15, 0.2) is 42.5 Å². The van der Waals surface area contributed by atoms with Crippen LogP contribution in [0.3, 0.4) is 0 Å². The molecule has 0 fully saturated rings. The number of aryl methyl sites for hydroxylation is 1. The van der Waals surface area contributed by atoms with Gasteiger partial charge in [-0.15, -0.1) is 0 Å². The maximum absolute atomic E-state index is 12.4. The highest BCUT2D eigenvalue weighted by Gasteiger charge is 2.16. The second kappa shape index (κ2) is 6.20. The van der Waals surface area contributed by atoms with Crippen molar-refractivity contribution < 1.29 is 14.3 Å². The quantitative estimate of drug-likeness (QED) is 0.862. The van der Waals surface area contributed by atoms with Crippen LogP contribution < -0.4 is 14.8 Å². The number of carbonyl (C=O) groups is 1. The lowest BCUT2D eigenvalue weighted by Gasteiger charge is -2.13. The molecule has 0 saturated heterocycles. The maximum Gasteiger partial charge on any atom is 0.231 e. The van der Waals surface area contributed by atoms with Gasteiger partial charge in [-0.05, 0) is 31.5 Å². The highest BCUT2D eigenvalue weighted by Crippen LogP contribution is 2.32. The average Bonchev–Trinajstić information content (AvgIpc) is 3.00. The average molecular weight is 297 g/mol. The Morgan fingerprint density at radius 2 is 1.86 bits per heavy atom. The second-order valence-corrected chi connectivity index (χ2v) is 5.52. The molecule has 22 heavy (non-hydrogen) atoms. The van der Waals surface area contributed by atoms with Gasteiger partial charge in [0.05, 0.1) is 6.04 Å². The van der Waals surface area contributed by atoms with Crippen LogP contribution in [0, 0.1) is 6.92 Å². The Bertz CT molecular complexity index is 679. The van der Waals surface area contributed by atoms with E-state index in [1.165, 1.54) is 0 Å². The number of benzene rings is 2. The van der Waals surface area contributed by atoms with Crippen molar-refractivity contribution in [2.45, 2.75) is 26.4 Å². The number of ketones is 1. The van der Waals surface area contributed by atoms with Crippen LogP contribution >= 0.6 is 0 Å². The van der Waals surface area contributed by atoms with Crippen molar-refractivity contribution in [1.82, 2.24) is 5.32 Å². The van der Waals surface area contributed by atoms with Gasteiger partial charge < -0.3 is 14.8 Å². The minimum Gasteiger partial charge on any atom is -0.454 e. The van der Waals surface area contributed by atoms with Gasteiger partial charge in [-0.2, -0.15) is 0 Å². The molecule has 2 aromatic rings. The number of rotatable bonds is 5. The van der Waals surface area contributed by atoms with E-state index in [0.29, 0.717) is 6.54 Å². The second-order valence-electron chi connectivity index (χ2n) is 5.52. The van der Waals surface area contributed by atoms with Gasteiger partial charge in [-0.1, -0.05) is 35.9 Å². The lowest BCUT2D eigenvalue weighted by molar-refractivity contribution is 0.0950. The zero-order valence-electron chi connectivity index (χ0n) is 12.8. The van der Waals surface area contributed by atoms with Crippen molar-refractivity contribution in [3.63, 3.8) is 0 Å². The molecule has 2 aromatic carbocycles. The predicted octanol–water partition coefficient (Wildman–Crippen LogP) is 3.08. The van der Waals surface area contributed by atoms with Crippen LogP contribution in [0.25, 0.3) is 0 Å². The van der Waals surface area contributed by atoms with Gasteiger partial charge in [0, 0.05) is 12.1 Å². The fraction of sp³-hybridized carbons (Fsp3) is 0.278. The molecular weight excluding hydrogens is 278 g/mol. The fourth-order valence-corrected chi connectivity index (χ4v) is 2.38. The first kappa shape index (κ1) is 14.6. The summed E-state index contributed by atoms with van der Waals surface area (Å²) in [6, 6.07) is 13.2. The molecule has 1 aliphatic heterocycles. The molecule has 1 aliphatic rings. The van der Waals surface area contributed by atoms with Crippen LogP contribution in [-0.4, -0.2) is 18.6 Å². The van der Waals surface area contributed by atoms with E-state index in [-0.39, 0.29) is 18.6 Å². The highest BCUT2D eigenvalue weighted by atomic mass is 16.7. The van der Waals surface area contributed by atoms with E-state index in [2.05, 4.69) is 5.32 Å². The van der Waals surface area contributed by atoms with Crippen molar-refractivity contribution in [3.05, 3.63) is 59.2 Å². The van der Waals surface area contributed by atoms with E-state index in [1.807, 2.05) is 56.3 Å². The lowest BCUT2D eigenvalue weighted by Crippen LogP contribution is -2.33. The van der Waals surface area contributed by atoms with Gasteiger partial charge >= 0.3 is 0 Å². The first-order valence-electron chi connectivity index (χ1n) is 7.36. The van der Waals surface area contributed by atoms with Crippen LogP contribution in [0.4, 0.5) is 0 Å². The predicted molar refractivity (Wildman–Crippen MR) is 84.4 cm³/mol. The number of Topliss-reactive ketones (excluding diaryl/α,β-unsaturated/α-hetero) is 1. The first-order valence-corrected chi connectivity index (χ1v) is 7.36. The van der Waals surface area contributed by atoms with Gasteiger partial charge in [0.2, 0.25) is 6.79 Å². The zero-order chi connectivity index (χ0) is 15.5. The molecule has 1 unspecified atom stereocenters. The molecule has 0 amide bonds. The molecule has 3 rings (SSSR count). The molecule has 4 heteroatoms. The van der Waals surface area contributed by atoms with E-state index < -0.39 is 0 Å². The Morgan fingerprint density at radius 1 is 1.14 bits per heavy atom. The smallest absolute Gasteiger partial charge is 0.231 e. The Labute approximate surface area is 130 Å². The summed E-state index contributed by atoms with van der Waals surface area (Å²) in [6.45, 7) is 4.77. The molecule has 0 saturated carbocycles. The summed E-state index contributed by atoms with van der Waals surface area (Å²) in [5.74, 6) is 1.63. The van der Waals surface area contributed by atoms with Crippen LogP contribution in [-0.2, 0) is 6.54 Å². The first-order chi connectivity index (χ1) is 10.6. The summed E-state index contributed by atoms with van der Waals surface area (Å²) < 4.78 is 10.6. The van der Waals surface area contributed by atoms with Crippen LogP contribution in [0.5, 0.6) is 11.5 Å². The third kappa shape index (κ3) is 3.12. The molecule has 1 heterocycles. The number of hydrogen-bond acceptors (Lipinski definition) is 4. The molecule has 0 radical (unpaired) electrons. The van der Waals surface area contributed by atoms with Crippen molar-refractivity contribution in [1.29, 1.82) is 0 Å². The molecule has 0 bridgehead atoms. The Kier molecular flexibility index (Phi) is 4.11. The minimum absolute atomic E-state index is 0.0979. The molecule has 0 aromatic heterocycles. The Balaban J connectivity index is 1.61. The van der Waals surface area contributed by atoms with Crippen LogP contribution in [0.2, 0.25) is 0 Å². The van der Waals surface area contributed by atoms with Gasteiger partial charge in [-0.25, -0.2) is 0 Å². The molecular formula is C18H19NO3. The number of fused-ring (bicyclic) bond motifs is 1. The lowest BCUT2D eigenvalue weighted by atomic mass is 10.0. The largest absolute Gasteiger partial charge is 0.454 e. The molecule has 0 aliphatic carbocycles. The SMILES string of the molecule is Cc1ccc(C(=O)C(C)NCc2ccc3c(c2)OCO3)cc1. The molecule has 1 atom stereocenters. The summed E-state index contributed by atoms with van der Waals surface area (Å²) in [4.78, 5) is 12.4. The molecule has 4 nitrogen and oxygen atoms in total. The zero-order valence-corrected chi connectivity index (χ0v) is 12.8. The van der Waals surface area contributed by atoms with E-state index in [1.54, 1.807) is 0 Å². The third-order valence-electron chi connectivity index (χ3n) is 3.78. The fourth-order valence-electron chi connectivity index (χ4n) is 2.38. The van der Waals surface area contributed by atoms with E-state index in [0.717, 1.165) is 28.2 Å². The number of ether oxygens (including phenoxy) is 2. The van der Waals surface area contributed by atoms with Gasteiger partial charge in [0.15, 0.2) is 17.3 Å². The van der Waals surface area contributed by atoms with Gasteiger partial charge in [0.25, 0.3) is 0 Å². The van der Waals surface area contributed by atoms with Crippen molar-refractivity contribution in [2.75, 3.05) is 6.79 Å². The standard InChI is InChI=1S/C18H19NO3/c1-12-3-6-15(7-4-12)18(20)13(2)19-10-14-5-8-16-17(9-14)22-11-21-16/h3-9,13,19H,10-11H2,1-2H3. The van der Waals surface area contributed by atoms with Crippen molar-refractivity contribution >= 4 is 5.78 Å². The van der Waals surface area contributed by atoms with Crippen molar-refractivity contribution in [2.24, 2.45) is 0 Å². The summed E-state index contributed by atoms with van der Waals surface area (Å²) >= 11 is 0. The van der Waals surface area contributed by atoms with E-state index in [4.69, 9.17) is 9.47 Å². The Hall–Kier alpha value is -2.33. The van der Waals surface area contributed by atoms with Gasteiger partial charge in [0.1, 0.15) is 0 Å². The topological polar surface area (TPSA) is 47.6 Å².